The average molecular weight is 350 g/mol. The van der Waals surface area contributed by atoms with E-state index in [0.29, 0.717) is 16.3 Å². The number of hydrogen-bond donors (Lipinski definition) is 1. The lowest BCUT2D eigenvalue weighted by Crippen LogP contribution is -2.14. The van der Waals surface area contributed by atoms with Crippen molar-refractivity contribution in [1.82, 2.24) is 4.98 Å². The molecule has 0 unspecified atom stereocenters. The molecule has 1 amide bonds. The van der Waals surface area contributed by atoms with Crippen molar-refractivity contribution in [2.45, 2.75) is 18.7 Å². The highest BCUT2D eigenvalue weighted by Gasteiger charge is 2.15. The van der Waals surface area contributed by atoms with Gasteiger partial charge in [0.2, 0.25) is 0 Å². The smallest absolute Gasteiger partial charge is 0.257 e. The predicted octanol–water partition coefficient (Wildman–Crippen LogP) is 3.22. The fraction of sp³-hybridized carbons (Fsp3) is 0.250. The van der Waals surface area contributed by atoms with E-state index in [1.165, 1.54) is 23.5 Å². The molecule has 23 heavy (non-hydrogen) atoms. The van der Waals surface area contributed by atoms with Crippen molar-refractivity contribution in [3.8, 4) is 0 Å². The summed E-state index contributed by atoms with van der Waals surface area (Å²) in [5.41, 5.74) is 1.16. The third-order valence-corrected chi connectivity index (χ3v) is 4.81. The summed E-state index contributed by atoms with van der Waals surface area (Å²) < 4.78 is 23.1. The minimum absolute atomic E-state index is 0.168. The molecule has 1 N–H and O–H groups in total. The number of carbonyl (C=O) groups is 1. The molecule has 1 heterocycles. The molecule has 0 aliphatic heterocycles. The number of benzene rings is 1. The Hall–Kier alpha value is -1.99. The zero-order valence-corrected chi connectivity index (χ0v) is 14.7. The summed E-state index contributed by atoms with van der Waals surface area (Å²) in [6.45, 7) is 3.95. The van der Waals surface area contributed by atoms with Crippen molar-refractivity contribution in [3.63, 3.8) is 0 Å². The van der Waals surface area contributed by atoms with Gasteiger partial charge in [-0.15, -0.1) is 11.3 Å². The van der Waals surface area contributed by atoms with E-state index in [0.717, 1.165) is 6.26 Å². The highest BCUT2D eigenvalue weighted by molar-refractivity contribution is 7.90. The zero-order valence-electron chi connectivity index (χ0n) is 13.1. The van der Waals surface area contributed by atoms with Crippen LogP contribution in [-0.4, -0.2) is 25.6 Å². The van der Waals surface area contributed by atoms with Gasteiger partial charge < -0.3 is 0 Å². The van der Waals surface area contributed by atoms with Gasteiger partial charge in [0.15, 0.2) is 15.0 Å². The number of allylic oxidation sites excluding steroid dienone is 1. The Bertz CT molecular complexity index is 806. The second kappa shape index (κ2) is 7.06. The van der Waals surface area contributed by atoms with Crippen LogP contribution in [0.4, 0.5) is 5.13 Å². The zero-order chi connectivity index (χ0) is 17.0. The normalized spacial score (nSPS) is 12.4. The summed E-state index contributed by atoms with van der Waals surface area (Å²) in [6, 6.07) is 6.31. The highest BCUT2D eigenvalue weighted by Crippen LogP contribution is 2.22. The SMILES string of the molecule is CC(C)C=C(C(=O)Nc1nccs1)c1ccc(S(C)(=O)=O)cc1. The first-order chi connectivity index (χ1) is 10.8. The number of rotatable bonds is 5. The molecule has 1 aromatic heterocycles. The summed E-state index contributed by atoms with van der Waals surface area (Å²) in [5, 5.41) is 5.06. The minimum Gasteiger partial charge on any atom is -0.298 e. The Balaban J connectivity index is 2.34. The summed E-state index contributed by atoms with van der Waals surface area (Å²) in [4.78, 5) is 16.8. The van der Waals surface area contributed by atoms with Gasteiger partial charge in [-0.1, -0.05) is 32.1 Å². The monoisotopic (exact) mass is 350 g/mol. The molecule has 0 aliphatic rings. The van der Waals surface area contributed by atoms with E-state index < -0.39 is 9.84 Å². The van der Waals surface area contributed by atoms with E-state index in [1.54, 1.807) is 23.7 Å². The van der Waals surface area contributed by atoms with E-state index in [1.807, 2.05) is 19.9 Å². The molecule has 122 valence electrons. The first kappa shape index (κ1) is 17.4. The number of aromatic nitrogens is 1. The topological polar surface area (TPSA) is 76.1 Å². The summed E-state index contributed by atoms with van der Waals surface area (Å²) in [6.07, 6.45) is 4.62. The summed E-state index contributed by atoms with van der Waals surface area (Å²) in [5.74, 6) is -0.0950. The van der Waals surface area contributed by atoms with Gasteiger partial charge >= 0.3 is 0 Å². The van der Waals surface area contributed by atoms with Crippen LogP contribution in [0.2, 0.25) is 0 Å². The molecule has 0 spiro atoms. The van der Waals surface area contributed by atoms with Gasteiger partial charge in [-0.05, 0) is 23.6 Å². The average Bonchev–Trinajstić information content (AvgIpc) is 2.96. The Labute approximate surface area is 140 Å². The molecule has 5 nitrogen and oxygen atoms in total. The number of amides is 1. The van der Waals surface area contributed by atoms with Gasteiger partial charge in [0.25, 0.3) is 5.91 Å². The van der Waals surface area contributed by atoms with Crippen molar-refractivity contribution in [2.75, 3.05) is 11.6 Å². The van der Waals surface area contributed by atoms with Gasteiger partial charge in [-0.2, -0.15) is 0 Å². The molecular weight excluding hydrogens is 332 g/mol. The lowest BCUT2D eigenvalue weighted by Gasteiger charge is -2.10. The number of hydrogen-bond acceptors (Lipinski definition) is 5. The minimum atomic E-state index is -3.26. The maximum absolute atomic E-state index is 12.5. The van der Waals surface area contributed by atoms with Gasteiger partial charge in [-0.25, -0.2) is 13.4 Å². The summed E-state index contributed by atoms with van der Waals surface area (Å²) >= 11 is 1.34. The molecule has 0 fully saturated rings. The van der Waals surface area contributed by atoms with E-state index >= 15 is 0 Å². The van der Waals surface area contributed by atoms with Crippen LogP contribution in [0.5, 0.6) is 0 Å². The summed E-state index contributed by atoms with van der Waals surface area (Å²) in [7, 11) is -3.26. The Morgan fingerprint density at radius 3 is 2.39 bits per heavy atom. The Kier molecular flexibility index (Phi) is 5.33. The second-order valence-corrected chi connectivity index (χ2v) is 8.32. The maximum atomic E-state index is 12.5. The Morgan fingerprint density at radius 2 is 1.91 bits per heavy atom. The number of nitrogens with zero attached hydrogens (tertiary/aromatic N) is 1. The van der Waals surface area contributed by atoms with Crippen LogP contribution in [-0.2, 0) is 14.6 Å². The molecular formula is C16H18N2O3S2. The molecule has 0 saturated carbocycles. The largest absolute Gasteiger partial charge is 0.298 e. The van der Waals surface area contributed by atoms with Crippen LogP contribution in [0.25, 0.3) is 5.57 Å². The Morgan fingerprint density at radius 1 is 1.26 bits per heavy atom. The molecule has 2 rings (SSSR count). The van der Waals surface area contributed by atoms with Crippen LogP contribution in [0.1, 0.15) is 19.4 Å². The van der Waals surface area contributed by atoms with Gasteiger partial charge in [0, 0.05) is 23.4 Å². The molecule has 1 aromatic carbocycles. The van der Waals surface area contributed by atoms with Crippen LogP contribution in [0, 0.1) is 5.92 Å². The number of carbonyl (C=O) groups excluding carboxylic acids is 1. The number of sulfone groups is 1. The lowest BCUT2D eigenvalue weighted by molar-refractivity contribution is -0.111. The van der Waals surface area contributed by atoms with Crippen LogP contribution < -0.4 is 5.32 Å². The third-order valence-electron chi connectivity index (χ3n) is 2.99. The molecule has 0 bridgehead atoms. The molecule has 0 atom stereocenters. The standard InChI is InChI=1S/C16H18N2O3S2/c1-11(2)10-14(15(19)18-16-17-8-9-22-16)12-4-6-13(7-5-12)23(3,20)21/h4-11H,1-3H3,(H,17,18,19). The quantitative estimate of drug-likeness (QED) is 0.840. The molecule has 0 saturated heterocycles. The molecule has 7 heteroatoms. The van der Waals surface area contributed by atoms with Crippen molar-refractivity contribution < 1.29 is 13.2 Å². The van der Waals surface area contributed by atoms with Crippen LogP contribution >= 0.6 is 11.3 Å². The molecule has 2 aromatic rings. The van der Waals surface area contributed by atoms with E-state index in [-0.39, 0.29) is 16.7 Å². The second-order valence-electron chi connectivity index (χ2n) is 5.41. The van der Waals surface area contributed by atoms with Gasteiger partial charge in [0.05, 0.1) is 4.90 Å². The number of nitrogens with one attached hydrogen (secondary N) is 1. The third kappa shape index (κ3) is 4.74. The first-order valence-electron chi connectivity index (χ1n) is 7.00. The van der Waals surface area contributed by atoms with Crippen LogP contribution in [0.15, 0.2) is 46.8 Å². The maximum Gasteiger partial charge on any atom is 0.257 e. The fourth-order valence-corrected chi connectivity index (χ4v) is 3.12. The molecule has 0 aliphatic carbocycles. The predicted molar refractivity (Wildman–Crippen MR) is 93.1 cm³/mol. The van der Waals surface area contributed by atoms with Gasteiger partial charge in [0.1, 0.15) is 0 Å². The first-order valence-corrected chi connectivity index (χ1v) is 9.77. The highest BCUT2D eigenvalue weighted by atomic mass is 32.2. The number of thiazole rings is 1. The number of anilines is 1. The van der Waals surface area contributed by atoms with E-state index in [2.05, 4.69) is 10.3 Å². The van der Waals surface area contributed by atoms with E-state index in [9.17, 15) is 13.2 Å². The lowest BCUT2D eigenvalue weighted by atomic mass is 10.0. The van der Waals surface area contributed by atoms with Crippen molar-refractivity contribution in [1.29, 1.82) is 0 Å². The van der Waals surface area contributed by atoms with Gasteiger partial charge in [-0.3, -0.25) is 10.1 Å². The van der Waals surface area contributed by atoms with E-state index in [4.69, 9.17) is 0 Å². The van der Waals surface area contributed by atoms with Crippen molar-refractivity contribution in [2.24, 2.45) is 5.92 Å². The fourth-order valence-electron chi connectivity index (χ4n) is 1.97. The molecule has 0 radical (unpaired) electrons. The van der Waals surface area contributed by atoms with Crippen LogP contribution in [0.3, 0.4) is 0 Å². The van der Waals surface area contributed by atoms with Crippen molar-refractivity contribution >= 4 is 37.8 Å². The van der Waals surface area contributed by atoms with Crippen molar-refractivity contribution in [3.05, 3.63) is 47.5 Å².